The number of anilines is 1. The van der Waals surface area contributed by atoms with Crippen LogP contribution >= 0.6 is 0 Å². The Hall–Kier alpha value is -2.00. The first kappa shape index (κ1) is 14.4. The average molecular weight is 271 g/mol. The van der Waals surface area contributed by atoms with Crippen molar-refractivity contribution >= 4 is 5.69 Å². The molecule has 3 heteroatoms. The Morgan fingerprint density at radius 3 is 2.25 bits per heavy atom. The molecule has 1 unspecified atom stereocenters. The number of aliphatic hydroxyl groups is 1. The molecular formula is C17H21NO2. The van der Waals surface area contributed by atoms with E-state index in [2.05, 4.69) is 5.32 Å². The predicted octanol–water partition coefficient (Wildman–Crippen LogP) is 3.10. The standard InChI is InChI=1S/C17H21NO2/c1-17(13-19,18-15-6-4-3-5-7-15)12-14-8-10-16(20-2)11-9-14/h3-11,18-19H,12-13H2,1-2H3. The quantitative estimate of drug-likeness (QED) is 0.848. The third-order valence-corrected chi connectivity index (χ3v) is 3.32. The fourth-order valence-electron chi connectivity index (χ4n) is 2.20. The largest absolute Gasteiger partial charge is 0.497 e. The molecule has 2 N–H and O–H groups in total. The van der Waals surface area contributed by atoms with Crippen LogP contribution in [0.4, 0.5) is 5.69 Å². The van der Waals surface area contributed by atoms with Crippen molar-refractivity contribution in [3.05, 3.63) is 60.2 Å². The third-order valence-electron chi connectivity index (χ3n) is 3.32. The van der Waals surface area contributed by atoms with Gasteiger partial charge in [0.2, 0.25) is 0 Å². The molecule has 0 fully saturated rings. The van der Waals surface area contributed by atoms with Gasteiger partial charge in [-0.3, -0.25) is 0 Å². The monoisotopic (exact) mass is 271 g/mol. The second-order valence-corrected chi connectivity index (χ2v) is 5.23. The number of benzene rings is 2. The Morgan fingerprint density at radius 2 is 1.70 bits per heavy atom. The second-order valence-electron chi connectivity index (χ2n) is 5.23. The van der Waals surface area contributed by atoms with Crippen LogP contribution in [-0.4, -0.2) is 24.4 Å². The number of para-hydroxylation sites is 1. The zero-order chi connectivity index (χ0) is 14.4. The molecule has 2 aromatic carbocycles. The Kier molecular flexibility index (Phi) is 4.64. The lowest BCUT2D eigenvalue weighted by atomic mass is 9.93. The first-order valence-corrected chi connectivity index (χ1v) is 6.72. The molecule has 2 aromatic rings. The fourth-order valence-corrected chi connectivity index (χ4v) is 2.20. The van der Waals surface area contributed by atoms with Crippen LogP contribution in [0.3, 0.4) is 0 Å². The van der Waals surface area contributed by atoms with Gasteiger partial charge in [-0.05, 0) is 43.2 Å². The minimum Gasteiger partial charge on any atom is -0.497 e. The van der Waals surface area contributed by atoms with E-state index in [0.29, 0.717) is 0 Å². The fraction of sp³-hybridized carbons (Fsp3) is 0.294. The zero-order valence-corrected chi connectivity index (χ0v) is 12.0. The molecule has 0 saturated carbocycles. The molecule has 20 heavy (non-hydrogen) atoms. The number of hydrogen-bond acceptors (Lipinski definition) is 3. The Labute approximate surface area is 120 Å². The second kappa shape index (κ2) is 6.44. The molecule has 3 nitrogen and oxygen atoms in total. The topological polar surface area (TPSA) is 41.5 Å². The van der Waals surface area contributed by atoms with Crippen molar-refractivity contribution in [2.75, 3.05) is 19.0 Å². The number of nitrogens with one attached hydrogen (secondary N) is 1. The molecule has 0 bridgehead atoms. The van der Waals surface area contributed by atoms with Gasteiger partial charge in [0, 0.05) is 5.69 Å². The highest BCUT2D eigenvalue weighted by molar-refractivity contribution is 5.45. The van der Waals surface area contributed by atoms with E-state index in [9.17, 15) is 5.11 Å². The van der Waals surface area contributed by atoms with Crippen LogP contribution in [0.1, 0.15) is 12.5 Å². The molecule has 1 atom stereocenters. The lowest BCUT2D eigenvalue weighted by Gasteiger charge is -2.30. The summed E-state index contributed by atoms with van der Waals surface area (Å²) in [5, 5.41) is 13.1. The maximum absolute atomic E-state index is 9.72. The van der Waals surface area contributed by atoms with E-state index in [-0.39, 0.29) is 6.61 Å². The maximum Gasteiger partial charge on any atom is 0.118 e. The maximum atomic E-state index is 9.72. The van der Waals surface area contributed by atoms with E-state index in [1.807, 2.05) is 61.5 Å². The van der Waals surface area contributed by atoms with E-state index in [4.69, 9.17) is 4.74 Å². The summed E-state index contributed by atoms with van der Waals surface area (Å²) in [5.74, 6) is 0.843. The Balaban J connectivity index is 2.09. The van der Waals surface area contributed by atoms with Crippen molar-refractivity contribution in [3.8, 4) is 5.75 Å². The summed E-state index contributed by atoms with van der Waals surface area (Å²) in [5.41, 5.74) is 1.78. The van der Waals surface area contributed by atoms with Gasteiger partial charge >= 0.3 is 0 Å². The lowest BCUT2D eigenvalue weighted by molar-refractivity contribution is 0.222. The van der Waals surface area contributed by atoms with Crippen molar-refractivity contribution in [1.29, 1.82) is 0 Å². The SMILES string of the molecule is COc1ccc(CC(C)(CO)Nc2ccccc2)cc1. The predicted molar refractivity (Wildman–Crippen MR) is 82.3 cm³/mol. The summed E-state index contributed by atoms with van der Waals surface area (Å²) in [7, 11) is 1.66. The minimum atomic E-state index is -0.393. The van der Waals surface area contributed by atoms with Gasteiger partial charge in [-0.1, -0.05) is 30.3 Å². The highest BCUT2D eigenvalue weighted by Crippen LogP contribution is 2.21. The van der Waals surface area contributed by atoms with E-state index >= 15 is 0 Å². The number of ether oxygens (including phenoxy) is 1. The van der Waals surface area contributed by atoms with Gasteiger partial charge < -0.3 is 15.2 Å². The van der Waals surface area contributed by atoms with E-state index in [1.54, 1.807) is 7.11 Å². The summed E-state index contributed by atoms with van der Waals surface area (Å²) < 4.78 is 5.16. The van der Waals surface area contributed by atoms with Crippen LogP contribution < -0.4 is 10.1 Å². The van der Waals surface area contributed by atoms with Crippen LogP contribution in [0.2, 0.25) is 0 Å². The number of rotatable bonds is 6. The normalized spacial score (nSPS) is 13.6. The molecule has 0 amide bonds. The van der Waals surface area contributed by atoms with Crippen LogP contribution in [0.25, 0.3) is 0 Å². The van der Waals surface area contributed by atoms with Crippen molar-refractivity contribution in [1.82, 2.24) is 0 Å². The van der Waals surface area contributed by atoms with Gasteiger partial charge in [-0.25, -0.2) is 0 Å². The zero-order valence-electron chi connectivity index (χ0n) is 12.0. The molecule has 0 saturated heterocycles. The molecule has 0 aliphatic carbocycles. The lowest BCUT2D eigenvalue weighted by Crippen LogP contribution is -2.41. The van der Waals surface area contributed by atoms with Crippen molar-refractivity contribution in [2.45, 2.75) is 18.9 Å². The summed E-state index contributed by atoms with van der Waals surface area (Å²) in [6.07, 6.45) is 0.738. The summed E-state index contributed by atoms with van der Waals surface area (Å²) in [6.45, 7) is 2.08. The highest BCUT2D eigenvalue weighted by Gasteiger charge is 2.23. The summed E-state index contributed by atoms with van der Waals surface area (Å²) >= 11 is 0. The molecule has 0 aromatic heterocycles. The number of hydrogen-bond donors (Lipinski definition) is 2. The molecule has 106 valence electrons. The Morgan fingerprint density at radius 1 is 1.05 bits per heavy atom. The van der Waals surface area contributed by atoms with Gasteiger partial charge in [-0.15, -0.1) is 0 Å². The summed E-state index contributed by atoms with van der Waals surface area (Å²) in [4.78, 5) is 0. The molecule has 2 rings (SSSR count). The van der Waals surface area contributed by atoms with E-state index < -0.39 is 5.54 Å². The van der Waals surface area contributed by atoms with Gasteiger partial charge in [0.05, 0.1) is 19.3 Å². The minimum absolute atomic E-state index is 0.0634. The molecule has 0 spiro atoms. The van der Waals surface area contributed by atoms with E-state index in [0.717, 1.165) is 23.4 Å². The van der Waals surface area contributed by atoms with Crippen LogP contribution in [0.15, 0.2) is 54.6 Å². The van der Waals surface area contributed by atoms with E-state index in [1.165, 1.54) is 0 Å². The van der Waals surface area contributed by atoms with Crippen molar-refractivity contribution < 1.29 is 9.84 Å². The molecule has 0 heterocycles. The summed E-state index contributed by atoms with van der Waals surface area (Å²) in [6, 6.07) is 17.9. The number of methoxy groups -OCH3 is 1. The smallest absolute Gasteiger partial charge is 0.118 e. The third kappa shape index (κ3) is 3.75. The average Bonchev–Trinajstić information content (AvgIpc) is 2.49. The first-order chi connectivity index (χ1) is 9.65. The molecule has 0 radical (unpaired) electrons. The molecule has 0 aliphatic heterocycles. The van der Waals surface area contributed by atoms with Gasteiger partial charge in [0.25, 0.3) is 0 Å². The van der Waals surface area contributed by atoms with Crippen LogP contribution in [0, 0.1) is 0 Å². The van der Waals surface area contributed by atoms with Crippen LogP contribution in [-0.2, 0) is 6.42 Å². The van der Waals surface area contributed by atoms with Crippen molar-refractivity contribution in [2.24, 2.45) is 0 Å². The Bertz CT molecular complexity index is 524. The molecule has 0 aliphatic rings. The van der Waals surface area contributed by atoms with Gasteiger partial charge in [0.15, 0.2) is 0 Å². The van der Waals surface area contributed by atoms with Gasteiger partial charge in [-0.2, -0.15) is 0 Å². The van der Waals surface area contributed by atoms with Crippen LogP contribution in [0.5, 0.6) is 5.75 Å². The highest BCUT2D eigenvalue weighted by atomic mass is 16.5. The van der Waals surface area contributed by atoms with Gasteiger partial charge in [0.1, 0.15) is 5.75 Å². The molecular weight excluding hydrogens is 250 g/mol. The van der Waals surface area contributed by atoms with Crippen molar-refractivity contribution in [3.63, 3.8) is 0 Å². The first-order valence-electron chi connectivity index (χ1n) is 6.72. The number of aliphatic hydroxyl groups excluding tert-OH is 1.